The smallest absolute Gasteiger partial charge is 0.270 e. The van der Waals surface area contributed by atoms with Crippen LogP contribution in [-0.2, 0) is 17.8 Å². The fourth-order valence-electron chi connectivity index (χ4n) is 5.27. The lowest BCUT2D eigenvalue weighted by atomic mass is 9.90. The first-order valence-electron chi connectivity index (χ1n) is 13.0. The Bertz CT molecular complexity index is 1320. The topological polar surface area (TPSA) is 69.3 Å². The molecule has 6 nitrogen and oxygen atoms in total. The van der Waals surface area contributed by atoms with Gasteiger partial charge in [0.2, 0.25) is 0 Å². The lowest BCUT2D eigenvalue weighted by molar-refractivity contribution is -0.123. The molecule has 2 aliphatic rings. The average Bonchev–Trinajstić information content (AvgIpc) is 3.16. The number of hydrogen-bond acceptors (Lipinski definition) is 6. The van der Waals surface area contributed by atoms with Gasteiger partial charge in [-0.3, -0.25) is 19.1 Å². The Kier molecular flexibility index (Phi) is 8.56. The first-order valence-corrected chi connectivity index (χ1v) is 14.2. The SMILES string of the molecule is CCCn1c(N2CCC(Cc3ccccc3)CC2)c(/C=C2\SC(=S)N(C(C)C)C2=O)c(C)c(C#N)c1=O. The first-order chi connectivity index (χ1) is 17.8. The zero-order valence-electron chi connectivity index (χ0n) is 22.0. The minimum atomic E-state index is -0.255. The van der Waals surface area contributed by atoms with Crippen molar-refractivity contribution < 1.29 is 4.79 Å². The molecule has 0 saturated carbocycles. The molecule has 8 heteroatoms. The zero-order chi connectivity index (χ0) is 26.7. The second-order valence-electron chi connectivity index (χ2n) is 10.1. The Balaban J connectivity index is 1.75. The minimum absolute atomic E-state index is 0.0358. The molecule has 3 heterocycles. The Morgan fingerprint density at radius 2 is 1.86 bits per heavy atom. The van der Waals surface area contributed by atoms with Crippen LogP contribution in [0.25, 0.3) is 6.08 Å². The summed E-state index contributed by atoms with van der Waals surface area (Å²) in [5.74, 6) is 1.27. The maximum absolute atomic E-state index is 13.4. The standard InChI is InChI=1S/C29H34N4O2S2/c1-5-13-32-26(31-14-11-22(12-15-31)16-21-9-7-6-8-10-21)23(20(4)24(18-30)27(32)34)17-25-28(35)33(19(2)3)29(36)37-25/h6-10,17,19,22H,5,11-16H2,1-4H3/b25-17-. The third-order valence-electron chi connectivity index (χ3n) is 7.19. The number of rotatable bonds is 7. The molecule has 1 aromatic heterocycles. The quantitative estimate of drug-likeness (QED) is 0.345. The maximum Gasteiger partial charge on any atom is 0.270 e. The third kappa shape index (κ3) is 5.53. The van der Waals surface area contributed by atoms with Crippen LogP contribution >= 0.6 is 24.0 Å². The molecule has 194 valence electrons. The molecule has 0 unspecified atom stereocenters. The predicted molar refractivity (Wildman–Crippen MR) is 156 cm³/mol. The highest BCUT2D eigenvalue weighted by molar-refractivity contribution is 8.26. The Hall–Kier alpha value is -2.89. The lowest BCUT2D eigenvalue weighted by Gasteiger charge is -2.36. The van der Waals surface area contributed by atoms with Gasteiger partial charge in [-0.2, -0.15) is 5.26 Å². The van der Waals surface area contributed by atoms with E-state index in [9.17, 15) is 14.9 Å². The lowest BCUT2D eigenvalue weighted by Crippen LogP contribution is -2.40. The molecule has 0 N–H and O–H groups in total. The fourth-order valence-corrected chi connectivity index (χ4v) is 6.77. The summed E-state index contributed by atoms with van der Waals surface area (Å²) >= 11 is 6.78. The van der Waals surface area contributed by atoms with E-state index in [-0.39, 0.29) is 23.1 Å². The second-order valence-corrected chi connectivity index (χ2v) is 11.7. The molecule has 2 aromatic rings. The van der Waals surface area contributed by atoms with Gasteiger partial charge in [0.05, 0.1) is 4.91 Å². The number of thiocarbonyl (C=S) groups is 1. The fraction of sp³-hybridized carbons (Fsp3) is 0.448. The van der Waals surface area contributed by atoms with Crippen molar-refractivity contribution in [3.05, 3.63) is 67.8 Å². The Labute approximate surface area is 229 Å². The summed E-state index contributed by atoms with van der Waals surface area (Å²) in [6, 6.07) is 12.7. The number of amides is 1. The van der Waals surface area contributed by atoms with Gasteiger partial charge in [0.15, 0.2) is 0 Å². The van der Waals surface area contributed by atoms with E-state index in [1.54, 1.807) is 9.47 Å². The Morgan fingerprint density at radius 1 is 1.19 bits per heavy atom. The highest BCUT2D eigenvalue weighted by atomic mass is 32.2. The number of pyridine rings is 1. The monoisotopic (exact) mass is 534 g/mol. The van der Waals surface area contributed by atoms with Gasteiger partial charge in [-0.15, -0.1) is 0 Å². The van der Waals surface area contributed by atoms with E-state index < -0.39 is 0 Å². The van der Waals surface area contributed by atoms with Crippen LogP contribution in [-0.4, -0.2) is 38.8 Å². The normalized spacial score (nSPS) is 17.8. The van der Waals surface area contributed by atoms with Crippen LogP contribution in [0, 0.1) is 24.2 Å². The number of aromatic nitrogens is 1. The molecular formula is C29H34N4O2S2. The minimum Gasteiger partial charge on any atom is -0.357 e. The van der Waals surface area contributed by atoms with E-state index >= 15 is 0 Å². The van der Waals surface area contributed by atoms with Gasteiger partial charge in [-0.25, -0.2) is 0 Å². The van der Waals surface area contributed by atoms with E-state index in [4.69, 9.17) is 12.2 Å². The van der Waals surface area contributed by atoms with Gasteiger partial charge < -0.3 is 4.90 Å². The molecule has 0 bridgehead atoms. The van der Waals surface area contributed by atoms with Crippen LogP contribution in [0.5, 0.6) is 0 Å². The molecule has 1 amide bonds. The van der Waals surface area contributed by atoms with Gasteiger partial charge in [-0.1, -0.05) is 61.2 Å². The van der Waals surface area contributed by atoms with E-state index in [0.717, 1.165) is 50.2 Å². The molecule has 0 spiro atoms. The van der Waals surface area contributed by atoms with Crippen molar-refractivity contribution in [2.24, 2.45) is 5.92 Å². The van der Waals surface area contributed by atoms with Gasteiger partial charge in [0, 0.05) is 31.2 Å². The van der Waals surface area contributed by atoms with Crippen LogP contribution in [0.1, 0.15) is 62.3 Å². The number of piperidine rings is 1. The summed E-state index contributed by atoms with van der Waals surface area (Å²) in [4.78, 5) is 31.1. The molecular weight excluding hydrogens is 500 g/mol. The van der Waals surface area contributed by atoms with Crippen molar-refractivity contribution in [1.29, 1.82) is 5.26 Å². The van der Waals surface area contributed by atoms with Crippen LogP contribution < -0.4 is 10.5 Å². The molecule has 2 aliphatic heterocycles. The number of nitrogens with zero attached hydrogens (tertiary/aromatic N) is 4. The number of carbonyl (C=O) groups is 1. The van der Waals surface area contributed by atoms with E-state index in [2.05, 4.69) is 35.2 Å². The summed E-state index contributed by atoms with van der Waals surface area (Å²) in [5.41, 5.74) is 2.63. The molecule has 1 aromatic carbocycles. The van der Waals surface area contributed by atoms with E-state index in [1.165, 1.54) is 17.3 Å². The number of thioether (sulfide) groups is 1. The van der Waals surface area contributed by atoms with Crippen LogP contribution in [0.2, 0.25) is 0 Å². The number of carbonyl (C=O) groups excluding carboxylic acids is 1. The van der Waals surface area contributed by atoms with Crippen LogP contribution in [0.15, 0.2) is 40.0 Å². The maximum atomic E-state index is 13.4. The number of benzene rings is 1. The molecule has 0 aliphatic carbocycles. The number of nitriles is 1. The predicted octanol–water partition coefficient (Wildman–Crippen LogP) is 5.51. The van der Waals surface area contributed by atoms with Crippen LogP contribution in [0.3, 0.4) is 0 Å². The highest BCUT2D eigenvalue weighted by Crippen LogP contribution is 2.37. The van der Waals surface area contributed by atoms with Gasteiger partial charge in [0.1, 0.15) is 21.8 Å². The molecule has 0 atom stereocenters. The average molecular weight is 535 g/mol. The van der Waals surface area contributed by atoms with Crippen molar-refractivity contribution in [3.8, 4) is 6.07 Å². The molecule has 37 heavy (non-hydrogen) atoms. The largest absolute Gasteiger partial charge is 0.357 e. The van der Waals surface area contributed by atoms with Gasteiger partial charge >= 0.3 is 0 Å². The molecule has 0 radical (unpaired) electrons. The van der Waals surface area contributed by atoms with E-state index in [0.29, 0.717) is 27.3 Å². The van der Waals surface area contributed by atoms with Crippen LogP contribution in [0.4, 0.5) is 5.82 Å². The molecule has 4 rings (SSSR count). The molecule has 2 saturated heterocycles. The summed E-state index contributed by atoms with van der Waals surface area (Å²) in [5, 5.41) is 9.86. The first kappa shape index (κ1) is 27.2. The summed E-state index contributed by atoms with van der Waals surface area (Å²) in [6.45, 7) is 9.89. The van der Waals surface area contributed by atoms with Crippen molar-refractivity contribution in [3.63, 3.8) is 0 Å². The zero-order valence-corrected chi connectivity index (χ0v) is 23.6. The van der Waals surface area contributed by atoms with Crippen molar-refractivity contribution in [1.82, 2.24) is 9.47 Å². The Morgan fingerprint density at radius 3 is 2.43 bits per heavy atom. The van der Waals surface area contributed by atoms with Crippen molar-refractivity contribution >= 4 is 46.1 Å². The van der Waals surface area contributed by atoms with Crippen molar-refractivity contribution in [2.75, 3.05) is 18.0 Å². The number of anilines is 1. The summed E-state index contributed by atoms with van der Waals surface area (Å²) < 4.78 is 2.28. The number of hydrogen-bond donors (Lipinski definition) is 0. The van der Waals surface area contributed by atoms with Crippen molar-refractivity contribution in [2.45, 2.75) is 66.0 Å². The van der Waals surface area contributed by atoms with Gasteiger partial charge in [0.25, 0.3) is 11.5 Å². The third-order valence-corrected chi connectivity index (χ3v) is 8.52. The van der Waals surface area contributed by atoms with E-state index in [1.807, 2.05) is 39.8 Å². The summed E-state index contributed by atoms with van der Waals surface area (Å²) in [6.07, 6.45) is 5.70. The second kappa shape index (κ2) is 11.7. The van der Waals surface area contributed by atoms with Gasteiger partial charge in [-0.05, 0) is 69.6 Å². The molecule has 2 fully saturated rings. The highest BCUT2D eigenvalue weighted by Gasteiger charge is 2.35. The summed E-state index contributed by atoms with van der Waals surface area (Å²) in [7, 11) is 0.